The summed E-state index contributed by atoms with van der Waals surface area (Å²) in [5, 5.41) is 4.90. The minimum Gasteiger partial charge on any atom is -0.497 e. The van der Waals surface area contributed by atoms with Gasteiger partial charge in [0.2, 0.25) is 0 Å². The van der Waals surface area contributed by atoms with Crippen LogP contribution in [-0.2, 0) is 4.74 Å². The third-order valence-corrected chi connectivity index (χ3v) is 5.81. The number of thiophene rings is 1. The summed E-state index contributed by atoms with van der Waals surface area (Å²) in [4.78, 5) is 39.2. The Bertz CT molecular complexity index is 1060. The first kappa shape index (κ1) is 19.8. The molecule has 0 atom stereocenters. The van der Waals surface area contributed by atoms with Crippen molar-refractivity contribution in [2.24, 2.45) is 0 Å². The SMILES string of the molecule is CCOC(=O)c1c(-c2ccc(OC)cc2)csc1NC(=O)c1sc(=O)[nH]c1C. The predicted molar refractivity (Wildman–Crippen MR) is 110 cm³/mol. The van der Waals surface area contributed by atoms with Crippen LogP contribution in [0.4, 0.5) is 5.00 Å². The largest absolute Gasteiger partial charge is 0.497 e. The van der Waals surface area contributed by atoms with E-state index < -0.39 is 11.9 Å². The summed E-state index contributed by atoms with van der Waals surface area (Å²) in [5.74, 6) is -0.276. The summed E-state index contributed by atoms with van der Waals surface area (Å²) in [7, 11) is 1.58. The van der Waals surface area contributed by atoms with Crippen molar-refractivity contribution < 1.29 is 19.1 Å². The van der Waals surface area contributed by atoms with Crippen molar-refractivity contribution in [1.82, 2.24) is 4.98 Å². The Morgan fingerprint density at radius 2 is 1.93 bits per heavy atom. The Labute approximate surface area is 168 Å². The molecule has 2 aromatic heterocycles. The number of aromatic nitrogens is 1. The number of ether oxygens (including phenoxy) is 2. The highest BCUT2D eigenvalue weighted by molar-refractivity contribution is 7.15. The van der Waals surface area contributed by atoms with Gasteiger partial charge in [-0.15, -0.1) is 11.3 Å². The predicted octanol–water partition coefficient (Wildman–Crippen LogP) is 3.91. The quantitative estimate of drug-likeness (QED) is 0.592. The minimum absolute atomic E-state index is 0.211. The number of nitrogens with one attached hydrogen (secondary N) is 2. The van der Waals surface area contributed by atoms with Gasteiger partial charge in [-0.3, -0.25) is 9.59 Å². The van der Waals surface area contributed by atoms with Gasteiger partial charge in [0.15, 0.2) is 0 Å². The fourth-order valence-electron chi connectivity index (χ4n) is 2.62. The lowest BCUT2D eigenvalue weighted by Crippen LogP contribution is -2.14. The first-order chi connectivity index (χ1) is 13.4. The molecule has 0 unspecified atom stereocenters. The summed E-state index contributed by atoms with van der Waals surface area (Å²) in [6, 6.07) is 7.25. The highest BCUT2D eigenvalue weighted by Gasteiger charge is 2.24. The van der Waals surface area contributed by atoms with E-state index in [0.29, 0.717) is 22.0 Å². The number of hydrogen-bond donors (Lipinski definition) is 2. The molecule has 0 aliphatic carbocycles. The van der Waals surface area contributed by atoms with Crippen molar-refractivity contribution in [1.29, 1.82) is 0 Å². The number of esters is 1. The molecule has 146 valence electrons. The van der Waals surface area contributed by atoms with Gasteiger partial charge >= 0.3 is 10.8 Å². The monoisotopic (exact) mass is 418 g/mol. The average molecular weight is 418 g/mol. The molecule has 0 saturated heterocycles. The van der Waals surface area contributed by atoms with Gasteiger partial charge in [-0.05, 0) is 31.5 Å². The van der Waals surface area contributed by atoms with E-state index in [1.165, 1.54) is 11.3 Å². The van der Waals surface area contributed by atoms with E-state index >= 15 is 0 Å². The fraction of sp³-hybridized carbons (Fsp3) is 0.211. The van der Waals surface area contributed by atoms with E-state index in [0.717, 1.165) is 16.9 Å². The number of aryl methyl sites for hydroxylation is 1. The van der Waals surface area contributed by atoms with Gasteiger partial charge in [-0.25, -0.2) is 4.79 Å². The molecule has 3 rings (SSSR count). The maximum Gasteiger partial charge on any atom is 0.341 e. The standard InChI is InChI=1S/C19H18N2O5S2/c1-4-26-18(23)14-13(11-5-7-12(25-3)8-6-11)9-27-17(14)21-16(22)15-10(2)20-19(24)28-15/h5-9H,4H2,1-3H3,(H,20,24)(H,21,22). The van der Waals surface area contributed by atoms with Crippen molar-refractivity contribution in [2.75, 3.05) is 19.0 Å². The highest BCUT2D eigenvalue weighted by atomic mass is 32.1. The van der Waals surface area contributed by atoms with Gasteiger partial charge < -0.3 is 19.8 Å². The Balaban J connectivity index is 1.99. The topological polar surface area (TPSA) is 97.5 Å². The number of methoxy groups -OCH3 is 1. The Morgan fingerprint density at radius 1 is 1.21 bits per heavy atom. The first-order valence-corrected chi connectivity index (χ1v) is 10.1. The van der Waals surface area contributed by atoms with Crippen LogP contribution in [0.5, 0.6) is 5.75 Å². The second kappa shape index (κ2) is 8.41. The lowest BCUT2D eigenvalue weighted by molar-refractivity contribution is 0.0529. The lowest BCUT2D eigenvalue weighted by Gasteiger charge is -2.09. The van der Waals surface area contributed by atoms with Crippen LogP contribution >= 0.6 is 22.7 Å². The number of amides is 1. The number of benzene rings is 1. The minimum atomic E-state index is -0.524. The average Bonchev–Trinajstić information content (AvgIpc) is 3.24. The van der Waals surface area contributed by atoms with Crippen LogP contribution in [0.3, 0.4) is 0 Å². The zero-order valence-electron chi connectivity index (χ0n) is 15.5. The molecule has 2 N–H and O–H groups in total. The van der Waals surface area contributed by atoms with Crippen molar-refractivity contribution in [3.8, 4) is 16.9 Å². The highest BCUT2D eigenvalue weighted by Crippen LogP contribution is 2.37. The molecule has 1 aromatic carbocycles. The van der Waals surface area contributed by atoms with Crippen molar-refractivity contribution in [2.45, 2.75) is 13.8 Å². The number of rotatable bonds is 6. The van der Waals surface area contributed by atoms with Crippen LogP contribution in [-0.4, -0.2) is 30.6 Å². The van der Waals surface area contributed by atoms with Gasteiger partial charge in [0.25, 0.3) is 5.91 Å². The van der Waals surface area contributed by atoms with Crippen molar-refractivity contribution >= 4 is 39.6 Å². The van der Waals surface area contributed by atoms with E-state index in [1.807, 2.05) is 12.1 Å². The van der Waals surface area contributed by atoms with E-state index in [4.69, 9.17) is 9.47 Å². The molecule has 0 fully saturated rings. The molecule has 0 aliphatic rings. The number of carbonyl (C=O) groups excluding carboxylic acids is 2. The summed E-state index contributed by atoms with van der Waals surface area (Å²) >= 11 is 2.05. The smallest absolute Gasteiger partial charge is 0.341 e. The Kier molecular flexibility index (Phi) is 5.96. The van der Waals surface area contributed by atoms with E-state index in [2.05, 4.69) is 10.3 Å². The maximum atomic E-state index is 12.6. The molecule has 0 bridgehead atoms. The third kappa shape index (κ3) is 4.00. The molecule has 0 saturated carbocycles. The molecule has 28 heavy (non-hydrogen) atoms. The number of aromatic amines is 1. The molecule has 0 spiro atoms. The molecule has 3 aromatic rings. The molecular formula is C19H18N2O5S2. The van der Waals surface area contributed by atoms with Crippen molar-refractivity contribution in [3.05, 3.63) is 55.4 Å². The maximum absolute atomic E-state index is 12.6. The molecule has 7 nitrogen and oxygen atoms in total. The van der Waals surface area contributed by atoms with Crippen LogP contribution in [0.15, 0.2) is 34.4 Å². The molecule has 1 amide bonds. The summed E-state index contributed by atoms with van der Waals surface area (Å²) in [5.41, 5.74) is 2.21. The lowest BCUT2D eigenvalue weighted by atomic mass is 10.0. The number of H-pyrrole nitrogens is 1. The zero-order valence-corrected chi connectivity index (χ0v) is 17.1. The van der Waals surface area contributed by atoms with Crippen LogP contribution in [0.25, 0.3) is 11.1 Å². The normalized spacial score (nSPS) is 10.5. The van der Waals surface area contributed by atoms with Gasteiger partial charge in [-0.1, -0.05) is 23.5 Å². The van der Waals surface area contributed by atoms with Crippen molar-refractivity contribution in [3.63, 3.8) is 0 Å². The fourth-order valence-corrected chi connectivity index (χ4v) is 4.31. The van der Waals surface area contributed by atoms with Gasteiger partial charge in [0.1, 0.15) is 21.2 Å². The number of thiazole rings is 1. The van der Waals surface area contributed by atoms with Gasteiger partial charge in [-0.2, -0.15) is 0 Å². The summed E-state index contributed by atoms with van der Waals surface area (Å²) in [6.45, 7) is 3.58. The summed E-state index contributed by atoms with van der Waals surface area (Å²) in [6.07, 6.45) is 0. The van der Waals surface area contributed by atoms with Crippen LogP contribution in [0, 0.1) is 6.92 Å². The van der Waals surface area contributed by atoms with Crippen LogP contribution in [0.2, 0.25) is 0 Å². The van der Waals surface area contributed by atoms with Crippen LogP contribution < -0.4 is 14.9 Å². The number of anilines is 1. The first-order valence-electron chi connectivity index (χ1n) is 8.38. The van der Waals surface area contributed by atoms with Gasteiger partial charge in [0, 0.05) is 16.6 Å². The third-order valence-electron chi connectivity index (χ3n) is 3.93. The number of hydrogen-bond acceptors (Lipinski definition) is 7. The molecule has 0 aliphatic heterocycles. The molecule has 0 radical (unpaired) electrons. The summed E-state index contributed by atoms with van der Waals surface area (Å²) < 4.78 is 10.4. The van der Waals surface area contributed by atoms with E-state index in [9.17, 15) is 14.4 Å². The Hall–Kier alpha value is -2.91. The second-order valence-electron chi connectivity index (χ2n) is 5.73. The number of carbonyl (C=O) groups is 2. The van der Waals surface area contributed by atoms with E-state index in [1.54, 1.807) is 38.5 Å². The second-order valence-corrected chi connectivity index (χ2v) is 7.59. The molecular weight excluding hydrogens is 400 g/mol. The van der Waals surface area contributed by atoms with Crippen LogP contribution in [0.1, 0.15) is 32.6 Å². The Morgan fingerprint density at radius 3 is 2.50 bits per heavy atom. The molecule has 9 heteroatoms. The van der Waals surface area contributed by atoms with E-state index in [-0.39, 0.29) is 21.9 Å². The molecule has 2 heterocycles. The van der Waals surface area contributed by atoms with Gasteiger partial charge in [0.05, 0.1) is 13.7 Å². The zero-order chi connectivity index (χ0) is 20.3.